The molecule has 204 valence electrons. The number of carbonyl (C=O) groups is 4. The summed E-state index contributed by atoms with van der Waals surface area (Å²) < 4.78 is 0. The van der Waals surface area contributed by atoms with Crippen LogP contribution in [0.2, 0.25) is 0 Å². The van der Waals surface area contributed by atoms with Crippen molar-refractivity contribution in [3.8, 4) is 0 Å². The van der Waals surface area contributed by atoms with E-state index < -0.39 is 48.4 Å². The number of H-pyrrole nitrogens is 2. The Kier molecular flexibility index (Phi) is 8.89. The van der Waals surface area contributed by atoms with Crippen molar-refractivity contribution in [2.75, 3.05) is 12.3 Å². The Bertz CT molecular complexity index is 1500. The number of carbonyl (C=O) groups excluding carboxylic acids is 3. The first kappa shape index (κ1) is 27.7. The van der Waals surface area contributed by atoms with Crippen LogP contribution in [0, 0.1) is 0 Å². The Hall–Kier alpha value is -4.29. The normalized spacial score (nSPS) is 13.5. The number of benzene rings is 2. The maximum Gasteiger partial charge on any atom is 0.327 e. The van der Waals surface area contributed by atoms with Gasteiger partial charge in [-0.1, -0.05) is 36.4 Å². The van der Waals surface area contributed by atoms with E-state index in [1.54, 1.807) is 6.20 Å². The molecule has 8 N–H and O–H groups in total. The lowest BCUT2D eigenvalue weighted by atomic mass is 10.0. The zero-order valence-corrected chi connectivity index (χ0v) is 21.8. The highest BCUT2D eigenvalue weighted by molar-refractivity contribution is 7.80. The number of amides is 3. The Morgan fingerprint density at radius 2 is 1.38 bits per heavy atom. The topological polar surface area (TPSA) is 182 Å². The van der Waals surface area contributed by atoms with E-state index in [9.17, 15) is 19.2 Å². The zero-order valence-electron chi connectivity index (χ0n) is 20.9. The summed E-state index contributed by atoms with van der Waals surface area (Å²) >= 11 is 3.91. The van der Waals surface area contributed by atoms with Crippen LogP contribution in [0.25, 0.3) is 21.8 Å². The molecule has 0 aliphatic carbocycles. The van der Waals surface area contributed by atoms with Gasteiger partial charge in [-0.25, -0.2) is 4.79 Å². The highest BCUT2D eigenvalue weighted by atomic mass is 32.1. The van der Waals surface area contributed by atoms with E-state index in [1.807, 2.05) is 54.7 Å². The lowest BCUT2D eigenvalue weighted by molar-refractivity contribution is -0.141. The Morgan fingerprint density at radius 1 is 0.821 bits per heavy atom. The van der Waals surface area contributed by atoms with E-state index in [4.69, 9.17) is 10.8 Å². The number of thiol groups is 1. The zero-order chi connectivity index (χ0) is 27.9. The van der Waals surface area contributed by atoms with Crippen LogP contribution < -0.4 is 21.7 Å². The van der Waals surface area contributed by atoms with Crippen LogP contribution in [-0.2, 0) is 32.0 Å². The number of aromatic amines is 2. The number of nitrogens with two attached hydrogens (primary N) is 1. The Morgan fingerprint density at radius 3 is 1.95 bits per heavy atom. The number of para-hydroxylation sites is 2. The third kappa shape index (κ3) is 6.78. The summed E-state index contributed by atoms with van der Waals surface area (Å²) in [6.45, 7) is -0.474. The van der Waals surface area contributed by atoms with Crippen LogP contribution in [0.4, 0.5) is 0 Å². The average Bonchev–Trinajstić information content (AvgIpc) is 3.53. The van der Waals surface area contributed by atoms with Crippen LogP contribution in [-0.4, -0.2) is 69.2 Å². The van der Waals surface area contributed by atoms with E-state index in [2.05, 4.69) is 38.5 Å². The van der Waals surface area contributed by atoms with Crippen LogP contribution in [0.5, 0.6) is 0 Å². The number of carboxylic acids is 1. The van der Waals surface area contributed by atoms with Crippen molar-refractivity contribution in [1.82, 2.24) is 25.9 Å². The molecule has 0 radical (unpaired) electrons. The van der Waals surface area contributed by atoms with Gasteiger partial charge in [-0.3, -0.25) is 14.4 Å². The number of rotatable bonds is 12. The minimum absolute atomic E-state index is 0.109. The molecular weight excluding hydrogens is 520 g/mol. The molecule has 4 aromatic rings. The van der Waals surface area contributed by atoms with Crippen molar-refractivity contribution in [2.45, 2.75) is 31.0 Å². The minimum Gasteiger partial charge on any atom is -0.480 e. The van der Waals surface area contributed by atoms with Gasteiger partial charge in [-0.05, 0) is 29.7 Å². The highest BCUT2D eigenvalue weighted by Crippen LogP contribution is 2.20. The summed E-state index contributed by atoms with van der Waals surface area (Å²) in [7, 11) is 0. The van der Waals surface area contributed by atoms with Gasteiger partial charge >= 0.3 is 5.97 Å². The second-order valence-corrected chi connectivity index (χ2v) is 9.52. The molecule has 11 nitrogen and oxygen atoms in total. The Balaban J connectivity index is 1.46. The number of carboxylic acid groups (broad SMARTS) is 1. The SMILES string of the molecule is NC(Cc1c[nH]c2ccccc12)C(=O)NC(Cc1c[nH]c2ccccc12)C(=O)NCC(=O)NC(CS)C(=O)O. The fraction of sp³-hybridized carbons (Fsp3) is 0.259. The smallest absolute Gasteiger partial charge is 0.327 e. The molecule has 4 rings (SSSR count). The van der Waals surface area contributed by atoms with Gasteiger partial charge in [0.05, 0.1) is 12.6 Å². The van der Waals surface area contributed by atoms with Crippen molar-refractivity contribution in [3.63, 3.8) is 0 Å². The van der Waals surface area contributed by atoms with Gasteiger partial charge in [0.15, 0.2) is 0 Å². The van der Waals surface area contributed by atoms with E-state index in [1.165, 1.54) is 0 Å². The van der Waals surface area contributed by atoms with Crippen LogP contribution >= 0.6 is 12.6 Å². The second kappa shape index (κ2) is 12.5. The lowest BCUT2D eigenvalue weighted by Gasteiger charge is -2.21. The van der Waals surface area contributed by atoms with Crippen molar-refractivity contribution in [3.05, 3.63) is 72.1 Å². The summed E-state index contributed by atoms with van der Waals surface area (Å²) in [4.78, 5) is 55.9. The van der Waals surface area contributed by atoms with Gasteiger partial charge in [-0.2, -0.15) is 12.6 Å². The van der Waals surface area contributed by atoms with Gasteiger partial charge < -0.3 is 36.8 Å². The van der Waals surface area contributed by atoms with Gasteiger partial charge in [0.2, 0.25) is 17.7 Å². The average molecular weight is 551 g/mol. The molecule has 0 aliphatic heterocycles. The van der Waals surface area contributed by atoms with Crippen molar-refractivity contribution in [2.24, 2.45) is 5.73 Å². The quantitative estimate of drug-likeness (QED) is 0.121. The van der Waals surface area contributed by atoms with Gasteiger partial charge in [0.1, 0.15) is 12.1 Å². The molecule has 2 heterocycles. The molecule has 2 aromatic carbocycles. The molecule has 0 fully saturated rings. The predicted molar refractivity (Wildman–Crippen MR) is 150 cm³/mol. The van der Waals surface area contributed by atoms with Gasteiger partial charge in [0, 0.05) is 46.4 Å². The fourth-order valence-corrected chi connectivity index (χ4v) is 4.61. The summed E-state index contributed by atoms with van der Waals surface area (Å²) in [5.41, 5.74) is 9.71. The van der Waals surface area contributed by atoms with E-state index >= 15 is 0 Å². The number of fused-ring (bicyclic) bond motifs is 2. The van der Waals surface area contributed by atoms with Crippen LogP contribution in [0.15, 0.2) is 60.9 Å². The number of aliphatic carboxylic acids is 1. The molecular formula is C27H30N6O5S. The first-order chi connectivity index (χ1) is 18.8. The lowest BCUT2D eigenvalue weighted by Crippen LogP contribution is -2.54. The van der Waals surface area contributed by atoms with E-state index in [0.29, 0.717) is 0 Å². The van der Waals surface area contributed by atoms with E-state index in [0.717, 1.165) is 32.9 Å². The Labute approximate surface area is 229 Å². The second-order valence-electron chi connectivity index (χ2n) is 9.15. The summed E-state index contributed by atoms with van der Waals surface area (Å²) in [6.07, 6.45) is 3.96. The summed E-state index contributed by atoms with van der Waals surface area (Å²) in [5, 5.41) is 18.5. The minimum atomic E-state index is -1.24. The number of aromatic nitrogens is 2. The number of hydrogen-bond acceptors (Lipinski definition) is 6. The predicted octanol–water partition coefficient (Wildman–Crippen LogP) is 0.862. The number of nitrogens with one attached hydrogen (secondary N) is 5. The van der Waals surface area contributed by atoms with Gasteiger partial charge in [-0.15, -0.1) is 0 Å². The van der Waals surface area contributed by atoms with Crippen LogP contribution in [0.3, 0.4) is 0 Å². The molecule has 0 saturated carbocycles. The van der Waals surface area contributed by atoms with Crippen LogP contribution in [0.1, 0.15) is 11.1 Å². The molecule has 0 bridgehead atoms. The largest absolute Gasteiger partial charge is 0.480 e. The fourth-order valence-electron chi connectivity index (χ4n) is 4.36. The van der Waals surface area contributed by atoms with Crippen molar-refractivity contribution < 1.29 is 24.3 Å². The van der Waals surface area contributed by atoms with E-state index in [-0.39, 0.29) is 18.6 Å². The standard InChI is InChI=1S/C27H30N6O5S/c28-19(9-15-11-29-20-7-3-1-5-17(15)20)25(35)33-22(10-16-12-30-21-8-4-2-6-18(16)21)26(36)31-13-24(34)32-23(14-39)27(37)38/h1-8,11-12,19,22-23,29-30,39H,9-10,13-14,28H2,(H,31,36)(H,32,34)(H,33,35)(H,37,38). The third-order valence-corrected chi connectivity index (χ3v) is 6.79. The summed E-state index contributed by atoms with van der Waals surface area (Å²) in [5.74, 6) is -3.18. The van der Waals surface area contributed by atoms with Crippen molar-refractivity contribution >= 4 is 58.1 Å². The maximum absolute atomic E-state index is 13.2. The molecule has 39 heavy (non-hydrogen) atoms. The molecule has 3 amide bonds. The molecule has 12 heteroatoms. The first-order valence-electron chi connectivity index (χ1n) is 12.3. The number of hydrogen-bond donors (Lipinski definition) is 8. The molecule has 2 aromatic heterocycles. The molecule has 0 spiro atoms. The van der Waals surface area contributed by atoms with Crippen molar-refractivity contribution in [1.29, 1.82) is 0 Å². The molecule has 0 saturated heterocycles. The molecule has 3 unspecified atom stereocenters. The third-order valence-electron chi connectivity index (χ3n) is 6.42. The molecule has 0 aliphatic rings. The monoisotopic (exact) mass is 550 g/mol. The molecule has 3 atom stereocenters. The van der Waals surface area contributed by atoms with Gasteiger partial charge in [0.25, 0.3) is 0 Å². The highest BCUT2D eigenvalue weighted by Gasteiger charge is 2.27. The maximum atomic E-state index is 13.2. The summed E-state index contributed by atoms with van der Waals surface area (Å²) in [6, 6.07) is 12.1. The first-order valence-corrected chi connectivity index (χ1v) is 13.0.